The van der Waals surface area contributed by atoms with Crippen molar-refractivity contribution >= 4 is 43.1 Å². The van der Waals surface area contributed by atoms with Crippen LogP contribution in [0.2, 0.25) is 0 Å². The molecule has 4 aromatic heterocycles. The Morgan fingerprint density at radius 3 is 0.562 bits per heavy atom. The number of nitrogens with zero attached hydrogens (tertiary/aromatic N) is 4. The lowest BCUT2D eigenvalue weighted by Crippen LogP contribution is -2.33. The Balaban J connectivity index is 0.893. The molecule has 14 aliphatic heterocycles. The topological polar surface area (TPSA) is 15.5 Å². The highest BCUT2D eigenvalue weighted by molar-refractivity contribution is 6.07. The number of rotatable bonds is 0. The van der Waals surface area contributed by atoms with Crippen LogP contribution in [0.5, 0.6) is 0 Å². The van der Waals surface area contributed by atoms with Gasteiger partial charge in [0, 0.05) is 74.2 Å². The van der Waals surface area contributed by atoms with Gasteiger partial charge in [-0.1, -0.05) is 97.1 Å². The molecule has 0 fully saturated rings. The number of pyridine rings is 4. The predicted octanol–water partition coefficient (Wildman–Crippen LogP) is 11.6. The summed E-state index contributed by atoms with van der Waals surface area (Å²) in [6.07, 6.45) is 26.5. The lowest BCUT2D eigenvalue weighted by atomic mass is 9.88. The molecule has 0 unspecified atom stereocenters. The molecule has 0 saturated carbocycles. The molecule has 0 atom stereocenters. The zero-order chi connectivity index (χ0) is 42.7. The molecule has 0 aliphatic carbocycles. The lowest BCUT2D eigenvalue weighted by Gasteiger charge is -2.16. The van der Waals surface area contributed by atoms with Crippen LogP contribution < -0.4 is 18.3 Å². The van der Waals surface area contributed by atoms with Crippen molar-refractivity contribution in [2.75, 3.05) is 0 Å². The molecule has 6 aromatic carbocycles. The molecule has 312 valence electrons. The largest absolute Gasteiger partial charge is 0.205 e. The number of fused-ring (bicyclic) bond motifs is 1. The first-order chi connectivity index (χ1) is 31.7. The second kappa shape index (κ2) is 18.0. The van der Waals surface area contributed by atoms with Crippen molar-refractivity contribution in [3.05, 3.63) is 217 Å². The Labute approximate surface area is 377 Å². The molecule has 18 heterocycles. The predicted molar refractivity (Wildman–Crippen MR) is 261 cm³/mol. The van der Waals surface area contributed by atoms with Gasteiger partial charge in [-0.3, -0.25) is 0 Å². The third-order valence-corrected chi connectivity index (χ3v) is 13.9. The van der Waals surface area contributed by atoms with Crippen LogP contribution in [0.3, 0.4) is 0 Å². The maximum absolute atomic E-state index is 2.35. The van der Waals surface area contributed by atoms with Crippen LogP contribution in [0, 0.1) is 0 Å². The second-order valence-corrected chi connectivity index (χ2v) is 17.8. The van der Waals surface area contributed by atoms with Crippen molar-refractivity contribution in [3.8, 4) is 22.3 Å². The first-order valence-corrected chi connectivity index (χ1v) is 23.5. The smallest absolute Gasteiger partial charge is 0.169 e. The van der Waals surface area contributed by atoms with Gasteiger partial charge >= 0.3 is 0 Å². The number of aryl methyl sites for hydroxylation is 8. The first-order valence-electron chi connectivity index (χ1n) is 23.5. The van der Waals surface area contributed by atoms with E-state index in [4.69, 9.17) is 0 Å². The van der Waals surface area contributed by atoms with Crippen molar-refractivity contribution in [1.29, 1.82) is 0 Å². The van der Waals surface area contributed by atoms with Gasteiger partial charge in [0.05, 0.1) is 0 Å². The van der Waals surface area contributed by atoms with E-state index in [9.17, 15) is 0 Å². The van der Waals surface area contributed by atoms with Gasteiger partial charge in [-0.15, -0.1) is 0 Å². The van der Waals surface area contributed by atoms with E-state index in [1.54, 1.807) is 0 Å². The minimum Gasteiger partial charge on any atom is -0.205 e. The minimum atomic E-state index is 0.979. The van der Waals surface area contributed by atoms with Gasteiger partial charge in [-0.25, -0.2) is 18.3 Å². The summed E-state index contributed by atoms with van der Waals surface area (Å²) in [6.45, 7) is 3.92. The number of hydrogen-bond donors (Lipinski definition) is 0. The molecular weight excluding hydrogens is 777 g/mol. The van der Waals surface area contributed by atoms with Crippen LogP contribution in [0.4, 0.5) is 0 Å². The van der Waals surface area contributed by atoms with Gasteiger partial charge in [0.1, 0.15) is 26.2 Å². The van der Waals surface area contributed by atoms with Crippen molar-refractivity contribution in [3.63, 3.8) is 0 Å². The molecule has 4 nitrogen and oxygen atoms in total. The molecule has 10 aromatic rings. The van der Waals surface area contributed by atoms with Crippen molar-refractivity contribution in [2.24, 2.45) is 0 Å². The van der Waals surface area contributed by atoms with Crippen LogP contribution in [0.15, 0.2) is 195 Å². The molecule has 64 heavy (non-hydrogen) atoms. The quantitative estimate of drug-likeness (QED) is 0.107. The zero-order valence-corrected chi connectivity index (χ0v) is 36.7. The minimum absolute atomic E-state index is 0.979. The van der Waals surface area contributed by atoms with Crippen LogP contribution >= 0.6 is 0 Å². The summed E-state index contributed by atoms with van der Waals surface area (Å²) < 4.78 is 9.39. The summed E-state index contributed by atoms with van der Waals surface area (Å²) in [4.78, 5) is 0. The maximum Gasteiger partial charge on any atom is 0.169 e. The summed E-state index contributed by atoms with van der Waals surface area (Å²) in [5.41, 5.74) is 10.9. The van der Waals surface area contributed by atoms with E-state index in [-0.39, 0.29) is 0 Å². The van der Waals surface area contributed by atoms with Gasteiger partial charge in [-0.2, -0.15) is 0 Å². The Morgan fingerprint density at radius 2 is 0.391 bits per heavy atom. The zero-order valence-electron chi connectivity index (χ0n) is 36.7. The highest BCUT2D eigenvalue weighted by atomic mass is 14.9. The molecular formula is C60H56N4+4. The average molecular weight is 833 g/mol. The Morgan fingerprint density at radius 1 is 0.219 bits per heavy atom. The molecule has 14 aliphatic rings. The van der Waals surface area contributed by atoms with E-state index in [0.717, 1.165) is 77.5 Å². The number of aromatic nitrogens is 4. The molecule has 0 amide bonds. The molecule has 0 spiro atoms. The van der Waals surface area contributed by atoms with E-state index in [1.807, 2.05) is 0 Å². The van der Waals surface area contributed by atoms with Gasteiger partial charge in [0.15, 0.2) is 49.6 Å². The van der Waals surface area contributed by atoms with Gasteiger partial charge < -0.3 is 0 Å². The highest BCUT2D eigenvalue weighted by Gasteiger charge is 2.18. The Kier molecular flexibility index (Phi) is 11.2. The van der Waals surface area contributed by atoms with Gasteiger partial charge in [-0.05, 0) is 113 Å². The Bertz CT molecular complexity index is 2690. The summed E-state index contributed by atoms with van der Waals surface area (Å²) in [7, 11) is 0. The van der Waals surface area contributed by atoms with Crippen LogP contribution in [-0.2, 0) is 51.9 Å². The fourth-order valence-corrected chi connectivity index (χ4v) is 10.6. The molecule has 4 heteroatoms. The monoisotopic (exact) mass is 832 g/mol. The number of hydrogen-bond acceptors (Lipinski definition) is 0. The van der Waals surface area contributed by atoms with E-state index in [2.05, 4.69) is 213 Å². The fourth-order valence-electron chi connectivity index (χ4n) is 10.6. The second-order valence-electron chi connectivity index (χ2n) is 17.8. The van der Waals surface area contributed by atoms with Crippen molar-refractivity contribution in [2.45, 2.75) is 77.5 Å². The normalized spacial score (nSPS) is 14.1. The van der Waals surface area contributed by atoms with Crippen LogP contribution in [-0.4, -0.2) is 0 Å². The highest BCUT2D eigenvalue weighted by Crippen LogP contribution is 2.36. The molecule has 24 rings (SSSR count). The molecule has 12 bridgehead atoms. The molecule has 0 saturated heterocycles. The molecule has 0 N–H and O–H groups in total. The first kappa shape index (κ1) is 39.8. The van der Waals surface area contributed by atoms with E-state index in [0.29, 0.717) is 0 Å². The maximum atomic E-state index is 2.35. The standard InChI is InChI=1S/C60H56N4/c1-2-14-50-49(13-1)57-21-9-33-61-37-25-45(26-38-61)47-29-41-63(42-30-47)35-11-23-59-53-17-5-7-19-55(53)60(56-20-8-6-18-54(56)59)24-12-36-64-43-31-48(32-44-64)46-27-39-62(40-28-46)34-10-22-58(50)52-16-4-3-15-51(52)57/h1-8,13-20,25-32,37-44H,9-12,21-24,33-36H2/q+4. The van der Waals surface area contributed by atoms with E-state index < -0.39 is 0 Å². The summed E-state index contributed by atoms with van der Waals surface area (Å²) in [5.74, 6) is 0. The molecule has 0 radical (unpaired) electrons. The third-order valence-electron chi connectivity index (χ3n) is 13.9. The average Bonchev–Trinajstić information content (AvgIpc) is 3.35. The summed E-state index contributed by atoms with van der Waals surface area (Å²) >= 11 is 0. The van der Waals surface area contributed by atoms with Crippen molar-refractivity contribution in [1.82, 2.24) is 0 Å². The van der Waals surface area contributed by atoms with E-state index in [1.165, 1.54) is 87.6 Å². The van der Waals surface area contributed by atoms with Gasteiger partial charge in [0.25, 0.3) is 0 Å². The number of benzene rings is 6. The fraction of sp³-hybridized carbons (Fsp3) is 0.200. The van der Waals surface area contributed by atoms with E-state index >= 15 is 0 Å². The van der Waals surface area contributed by atoms with Crippen LogP contribution in [0.1, 0.15) is 47.9 Å². The van der Waals surface area contributed by atoms with Gasteiger partial charge in [0.2, 0.25) is 0 Å². The summed E-state index contributed by atoms with van der Waals surface area (Å²) in [6, 6.07) is 54.7. The SMILES string of the molecule is c1ccc2c3c4ccccc4c(c2c1)CCC[n+]1ccc(cc1)-c1cc[n+](cc1)CCCc1c2ccccc2c(c2ccccc12)CCC[n+]1ccc(cc1)-c1cc[n+](cc1)CCC3. The summed E-state index contributed by atoms with van der Waals surface area (Å²) in [5, 5.41) is 11.2. The van der Waals surface area contributed by atoms with Crippen molar-refractivity contribution < 1.29 is 18.3 Å². The lowest BCUT2D eigenvalue weighted by molar-refractivity contribution is -0.697. The van der Waals surface area contributed by atoms with Crippen LogP contribution in [0.25, 0.3) is 65.3 Å². The third kappa shape index (κ3) is 8.05. The Hall–Kier alpha value is -7.04.